The van der Waals surface area contributed by atoms with E-state index in [1.165, 1.54) is 12.1 Å². The summed E-state index contributed by atoms with van der Waals surface area (Å²) >= 11 is 11.5. The number of halogens is 6. The molecule has 0 heterocycles. The second-order valence-corrected chi connectivity index (χ2v) is 4.31. The van der Waals surface area contributed by atoms with Gasteiger partial charge in [-0.05, 0) is 44.0 Å². The molecule has 0 aliphatic heterocycles. The molecule has 1 nitrogen and oxygen atoms in total. The van der Waals surface area contributed by atoms with Gasteiger partial charge in [0.05, 0.1) is 9.50 Å². The van der Waals surface area contributed by atoms with Crippen molar-refractivity contribution in [1.29, 1.82) is 0 Å². The third-order valence-corrected chi connectivity index (χ3v) is 3.11. The van der Waals surface area contributed by atoms with E-state index in [-0.39, 0.29) is 9.50 Å². The summed E-state index contributed by atoms with van der Waals surface area (Å²) < 4.78 is 40.0. The first-order chi connectivity index (χ1) is 6.31. The molecule has 0 bridgehead atoms. The van der Waals surface area contributed by atoms with Gasteiger partial charge in [-0.1, -0.05) is 11.6 Å². The Kier molecular flexibility index (Phi) is 3.71. The highest BCUT2D eigenvalue weighted by molar-refractivity contribution is 9.11. The highest BCUT2D eigenvalue weighted by Gasteiger charge is 2.33. The molecule has 0 radical (unpaired) electrons. The third-order valence-electron chi connectivity index (χ3n) is 1.22. The van der Waals surface area contributed by atoms with Gasteiger partial charge in [-0.3, -0.25) is 0 Å². The summed E-state index contributed by atoms with van der Waals surface area (Å²) in [6, 6.07) is 2.91. The van der Waals surface area contributed by atoms with E-state index in [9.17, 15) is 13.2 Å². The molecule has 0 aromatic heterocycles. The van der Waals surface area contributed by atoms with Crippen LogP contribution in [0.25, 0.3) is 0 Å². The normalized spacial score (nSPS) is 11.6. The Morgan fingerprint density at radius 3 is 2.14 bits per heavy atom. The predicted molar refractivity (Wildman–Crippen MR) is 53.5 cm³/mol. The minimum absolute atomic E-state index is 0.128. The first-order valence-corrected chi connectivity index (χ1v) is 5.17. The zero-order chi connectivity index (χ0) is 10.9. The molecule has 0 saturated heterocycles. The van der Waals surface area contributed by atoms with Crippen LogP contribution in [0.1, 0.15) is 0 Å². The van der Waals surface area contributed by atoms with E-state index in [2.05, 4.69) is 36.6 Å². The number of hydrogen-bond acceptors (Lipinski definition) is 1. The maximum Gasteiger partial charge on any atom is 0.573 e. The Morgan fingerprint density at radius 2 is 1.64 bits per heavy atom. The maximum atomic E-state index is 11.9. The maximum absolute atomic E-state index is 11.9. The number of rotatable bonds is 1. The summed E-state index contributed by atoms with van der Waals surface area (Å²) in [5.74, 6) is -0.450. The van der Waals surface area contributed by atoms with Crippen LogP contribution < -0.4 is 4.74 Å². The predicted octanol–water partition coefficient (Wildman–Crippen LogP) is 4.76. The summed E-state index contributed by atoms with van der Waals surface area (Å²) in [6.45, 7) is 0. The number of ether oxygens (including phenoxy) is 1. The van der Waals surface area contributed by atoms with Gasteiger partial charge in [0.1, 0.15) is 0 Å². The van der Waals surface area contributed by atoms with Crippen molar-refractivity contribution in [3.8, 4) is 5.75 Å². The van der Waals surface area contributed by atoms with Crippen LogP contribution in [0, 0.1) is 0 Å². The fourth-order valence-electron chi connectivity index (χ4n) is 0.718. The van der Waals surface area contributed by atoms with Gasteiger partial charge >= 0.3 is 6.36 Å². The molecule has 14 heavy (non-hydrogen) atoms. The molecular weight excluding hydrogens is 352 g/mol. The van der Waals surface area contributed by atoms with Gasteiger partial charge in [-0.25, -0.2) is 0 Å². The van der Waals surface area contributed by atoms with E-state index in [1.807, 2.05) is 0 Å². The lowest BCUT2D eigenvalue weighted by Gasteiger charge is -2.12. The molecule has 0 amide bonds. The van der Waals surface area contributed by atoms with Crippen molar-refractivity contribution in [3.63, 3.8) is 0 Å². The van der Waals surface area contributed by atoms with Crippen LogP contribution in [0.4, 0.5) is 13.2 Å². The fraction of sp³-hybridized carbons (Fsp3) is 0.143. The number of alkyl halides is 3. The molecule has 0 atom stereocenters. The molecular formula is C7H2Br2ClF3O. The second-order valence-electron chi connectivity index (χ2n) is 2.22. The summed E-state index contributed by atoms with van der Waals surface area (Å²) in [4.78, 5) is 0. The van der Waals surface area contributed by atoms with Gasteiger partial charge in [-0.15, -0.1) is 13.2 Å². The van der Waals surface area contributed by atoms with Crippen molar-refractivity contribution in [1.82, 2.24) is 0 Å². The van der Waals surface area contributed by atoms with Crippen molar-refractivity contribution < 1.29 is 17.9 Å². The minimum Gasteiger partial charge on any atom is -0.403 e. The molecule has 0 aliphatic rings. The molecule has 0 fully saturated rings. The molecule has 0 spiro atoms. The Morgan fingerprint density at radius 1 is 1.14 bits per heavy atom. The van der Waals surface area contributed by atoms with E-state index in [0.717, 1.165) is 0 Å². The topological polar surface area (TPSA) is 9.23 Å². The first-order valence-electron chi connectivity index (χ1n) is 3.20. The van der Waals surface area contributed by atoms with Crippen LogP contribution in [-0.2, 0) is 0 Å². The van der Waals surface area contributed by atoms with Crippen LogP contribution in [-0.4, -0.2) is 6.36 Å². The summed E-state index contributed by atoms with van der Waals surface area (Å²) in [5.41, 5.74) is 0. The van der Waals surface area contributed by atoms with Crippen LogP contribution >= 0.6 is 43.5 Å². The largest absolute Gasteiger partial charge is 0.573 e. The molecule has 1 aromatic carbocycles. The van der Waals surface area contributed by atoms with Gasteiger partial charge in [0.15, 0.2) is 5.75 Å². The lowest BCUT2D eigenvalue weighted by Crippen LogP contribution is -2.17. The minimum atomic E-state index is -4.76. The molecule has 0 saturated carbocycles. The van der Waals surface area contributed by atoms with Crippen molar-refractivity contribution >= 4 is 43.5 Å². The van der Waals surface area contributed by atoms with Gasteiger partial charge < -0.3 is 4.74 Å². The lowest BCUT2D eigenvalue weighted by atomic mass is 10.3. The SMILES string of the molecule is FC(F)(F)Oc1c(Br)ccc(Br)c1Cl. The average molecular weight is 354 g/mol. The highest BCUT2D eigenvalue weighted by atomic mass is 79.9. The van der Waals surface area contributed by atoms with E-state index in [0.29, 0.717) is 4.47 Å². The van der Waals surface area contributed by atoms with Gasteiger partial charge in [0.25, 0.3) is 0 Å². The third kappa shape index (κ3) is 3.03. The van der Waals surface area contributed by atoms with Crippen molar-refractivity contribution in [3.05, 3.63) is 26.1 Å². The van der Waals surface area contributed by atoms with E-state index < -0.39 is 12.1 Å². The molecule has 78 valence electrons. The Labute approximate surface area is 99.4 Å². The average Bonchev–Trinajstić information content (AvgIpc) is 2.04. The summed E-state index contributed by atoms with van der Waals surface area (Å²) in [5, 5.41) is -0.128. The molecule has 1 rings (SSSR count). The lowest BCUT2D eigenvalue weighted by molar-refractivity contribution is -0.274. The number of hydrogen-bond donors (Lipinski definition) is 0. The van der Waals surface area contributed by atoms with Gasteiger partial charge in [-0.2, -0.15) is 0 Å². The fourth-order valence-corrected chi connectivity index (χ4v) is 1.76. The van der Waals surface area contributed by atoms with E-state index in [4.69, 9.17) is 11.6 Å². The second kappa shape index (κ2) is 4.28. The van der Waals surface area contributed by atoms with Crippen LogP contribution in [0.5, 0.6) is 5.75 Å². The summed E-state index contributed by atoms with van der Waals surface area (Å²) in [6.07, 6.45) is -4.76. The van der Waals surface area contributed by atoms with Crippen molar-refractivity contribution in [2.75, 3.05) is 0 Å². The highest BCUT2D eigenvalue weighted by Crippen LogP contribution is 2.40. The molecule has 0 N–H and O–H groups in total. The first kappa shape index (κ1) is 12.1. The molecule has 0 unspecified atom stereocenters. The quantitative estimate of drug-likeness (QED) is 0.661. The molecule has 7 heteroatoms. The Hall–Kier alpha value is 0.0600. The van der Waals surface area contributed by atoms with Crippen LogP contribution in [0.15, 0.2) is 21.1 Å². The molecule has 0 aliphatic carbocycles. The van der Waals surface area contributed by atoms with Gasteiger partial charge in [0.2, 0.25) is 0 Å². The van der Waals surface area contributed by atoms with E-state index >= 15 is 0 Å². The standard InChI is InChI=1S/C7H2Br2ClF3O/c8-3-1-2-4(9)6(5(3)10)14-7(11,12)13/h1-2H. The van der Waals surface area contributed by atoms with Gasteiger partial charge in [0, 0.05) is 4.47 Å². The molecule has 1 aromatic rings. The van der Waals surface area contributed by atoms with Crippen molar-refractivity contribution in [2.24, 2.45) is 0 Å². The summed E-state index contributed by atoms with van der Waals surface area (Å²) in [7, 11) is 0. The number of benzene rings is 1. The smallest absolute Gasteiger partial charge is 0.403 e. The van der Waals surface area contributed by atoms with E-state index in [1.54, 1.807) is 0 Å². The monoisotopic (exact) mass is 352 g/mol. The Bertz CT molecular complexity index is 354. The van der Waals surface area contributed by atoms with Crippen LogP contribution in [0.2, 0.25) is 5.02 Å². The zero-order valence-electron chi connectivity index (χ0n) is 6.33. The van der Waals surface area contributed by atoms with Crippen molar-refractivity contribution in [2.45, 2.75) is 6.36 Å². The van der Waals surface area contributed by atoms with Crippen LogP contribution in [0.3, 0.4) is 0 Å². The Balaban J connectivity index is 3.13. The zero-order valence-corrected chi connectivity index (χ0v) is 10.3.